The largest absolute Gasteiger partial charge is 0.352 e. The van der Waals surface area contributed by atoms with Crippen molar-refractivity contribution in [1.29, 1.82) is 0 Å². The van der Waals surface area contributed by atoms with Crippen LogP contribution in [0.5, 0.6) is 0 Å². The predicted molar refractivity (Wildman–Crippen MR) is 102 cm³/mol. The summed E-state index contributed by atoms with van der Waals surface area (Å²) in [6.07, 6.45) is 0.757. The number of nitrogens with one attached hydrogen (secondary N) is 2. The van der Waals surface area contributed by atoms with E-state index in [-0.39, 0.29) is 27.7 Å². The number of non-ortho nitro benzene ring substituents is 2. The zero-order valence-corrected chi connectivity index (χ0v) is 15.4. The summed E-state index contributed by atoms with van der Waals surface area (Å²) >= 11 is 6.08. The Kier molecular flexibility index (Phi) is 6.61. The number of carbonyl (C=O) groups is 2. The lowest BCUT2D eigenvalue weighted by Gasteiger charge is -2.09. The fraction of sp³-hybridized carbons (Fsp3) is 0.176. The molecule has 0 aromatic heterocycles. The van der Waals surface area contributed by atoms with Crippen LogP contribution in [0.4, 0.5) is 17.1 Å². The summed E-state index contributed by atoms with van der Waals surface area (Å²) in [7, 11) is 0. The second-order valence-electron chi connectivity index (χ2n) is 5.66. The number of nitrogens with zero attached hydrogens (tertiary/aromatic N) is 2. The van der Waals surface area contributed by atoms with Crippen LogP contribution in [0.25, 0.3) is 0 Å². The molecule has 0 aliphatic rings. The lowest BCUT2D eigenvalue weighted by Crippen LogP contribution is -2.24. The minimum absolute atomic E-state index is 0.0939. The van der Waals surface area contributed by atoms with Crippen molar-refractivity contribution in [3.8, 4) is 0 Å². The van der Waals surface area contributed by atoms with Gasteiger partial charge in [0.25, 0.3) is 23.2 Å². The SMILES string of the molecule is CCCNC(=O)c1ccc(NC(=O)c2cc([N+](=O)[O-])cc([N+](=O)[O-])c2)cc1Cl. The Balaban J connectivity index is 2.25. The Morgan fingerprint density at radius 1 is 1.00 bits per heavy atom. The van der Waals surface area contributed by atoms with Gasteiger partial charge in [0.05, 0.1) is 32.1 Å². The zero-order chi connectivity index (χ0) is 20.8. The van der Waals surface area contributed by atoms with Crippen LogP contribution < -0.4 is 10.6 Å². The molecular formula is C17H15ClN4O6. The van der Waals surface area contributed by atoms with Gasteiger partial charge in [-0.2, -0.15) is 0 Å². The molecule has 11 heteroatoms. The first kappa shape index (κ1) is 20.8. The third kappa shape index (κ3) is 5.01. The molecule has 146 valence electrons. The molecule has 0 unspecified atom stereocenters. The normalized spacial score (nSPS) is 10.2. The van der Waals surface area contributed by atoms with Crippen molar-refractivity contribution in [1.82, 2.24) is 5.32 Å². The highest BCUT2D eigenvalue weighted by Gasteiger charge is 2.20. The van der Waals surface area contributed by atoms with Crippen molar-refractivity contribution >= 4 is 40.5 Å². The van der Waals surface area contributed by atoms with E-state index in [1.54, 1.807) is 0 Å². The molecule has 0 aliphatic carbocycles. The standard InChI is InChI=1S/C17H15ClN4O6/c1-2-5-19-17(24)14-4-3-11(8-15(14)18)20-16(23)10-6-12(21(25)26)9-13(7-10)22(27)28/h3-4,6-9H,2,5H2,1H3,(H,19,24)(H,20,23). The van der Waals surface area contributed by atoms with Gasteiger partial charge in [-0.1, -0.05) is 18.5 Å². The van der Waals surface area contributed by atoms with Crippen molar-refractivity contribution in [3.05, 3.63) is 72.8 Å². The Hall–Kier alpha value is -3.53. The Bertz CT molecular complexity index is 930. The van der Waals surface area contributed by atoms with E-state index < -0.39 is 27.1 Å². The van der Waals surface area contributed by atoms with E-state index in [1.165, 1.54) is 18.2 Å². The predicted octanol–water partition coefficient (Wildman–Crippen LogP) is 3.55. The maximum Gasteiger partial charge on any atom is 0.277 e. The number of halogens is 1. The molecule has 0 saturated carbocycles. The lowest BCUT2D eigenvalue weighted by atomic mass is 10.1. The Morgan fingerprint density at radius 3 is 2.11 bits per heavy atom. The number of amides is 2. The van der Waals surface area contributed by atoms with E-state index in [9.17, 15) is 29.8 Å². The van der Waals surface area contributed by atoms with Gasteiger partial charge in [0.2, 0.25) is 0 Å². The monoisotopic (exact) mass is 406 g/mol. The molecule has 10 nitrogen and oxygen atoms in total. The Morgan fingerprint density at radius 2 is 1.61 bits per heavy atom. The van der Waals surface area contributed by atoms with Gasteiger partial charge in [-0.15, -0.1) is 0 Å². The average molecular weight is 407 g/mol. The molecule has 2 N–H and O–H groups in total. The van der Waals surface area contributed by atoms with Gasteiger partial charge in [0.1, 0.15) is 0 Å². The number of hydrogen-bond donors (Lipinski definition) is 2. The molecule has 0 bridgehead atoms. The lowest BCUT2D eigenvalue weighted by molar-refractivity contribution is -0.394. The molecule has 0 aliphatic heterocycles. The van der Waals surface area contributed by atoms with Gasteiger partial charge >= 0.3 is 0 Å². The quantitative estimate of drug-likeness (QED) is 0.531. The van der Waals surface area contributed by atoms with Crippen molar-refractivity contribution in [3.63, 3.8) is 0 Å². The zero-order valence-electron chi connectivity index (χ0n) is 14.6. The molecule has 0 saturated heterocycles. The van der Waals surface area contributed by atoms with Gasteiger partial charge in [-0.3, -0.25) is 29.8 Å². The summed E-state index contributed by atoms with van der Waals surface area (Å²) in [5, 5.41) is 27.1. The van der Waals surface area contributed by atoms with E-state index in [0.29, 0.717) is 6.54 Å². The molecule has 0 radical (unpaired) electrons. The number of benzene rings is 2. The molecular weight excluding hydrogens is 392 g/mol. The number of nitro benzene ring substituents is 2. The summed E-state index contributed by atoms with van der Waals surface area (Å²) in [6, 6.07) is 6.80. The van der Waals surface area contributed by atoms with Gasteiger partial charge in [0.15, 0.2) is 0 Å². The molecule has 2 aromatic rings. The third-order valence-corrected chi connectivity index (χ3v) is 3.91. The fourth-order valence-corrected chi connectivity index (χ4v) is 2.52. The second-order valence-corrected chi connectivity index (χ2v) is 6.06. The van der Waals surface area contributed by atoms with Crippen molar-refractivity contribution in [2.45, 2.75) is 13.3 Å². The molecule has 2 amide bonds. The van der Waals surface area contributed by atoms with E-state index in [2.05, 4.69) is 10.6 Å². The minimum Gasteiger partial charge on any atom is -0.352 e. The molecule has 0 fully saturated rings. The third-order valence-electron chi connectivity index (χ3n) is 3.59. The van der Waals surface area contributed by atoms with Crippen LogP contribution in [0, 0.1) is 20.2 Å². The van der Waals surface area contributed by atoms with Crippen LogP contribution in [-0.4, -0.2) is 28.2 Å². The summed E-state index contributed by atoms with van der Waals surface area (Å²) in [5.41, 5.74) is -0.988. The van der Waals surface area contributed by atoms with Crippen LogP contribution >= 0.6 is 11.6 Å². The number of anilines is 1. The van der Waals surface area contributed by atoms with E-state index in [0.717, 1.165) is 24.6 Å². The van der Waals surface area contributed by atoms with Crippen molar-refractivity contribution in [2.75, 3.05) is 11.9 Å². The maximum atomic E-state index is 12.4. The number of nitro groups is 2. The van der Waals surface area contributed by atoms with Crippen molar-refractivity contribution in [2.24, 2.45) is 0 Å². The number of hydrogen-bond acceptors (Lipinski definition) is 6. The highest BCUT2D eigenvalue weighted by molar-refractivity contribution is 6.34. The number of rotatable bonds is 7. The highest BCUT2D eigenvalue weighted by atomic mass is 35.5. The van der Waals surface area contributed by atoms with Crippen molar-refractivity contribution < 1.29 is 19.4 Å². The number of carbonyl (C=O) groups excluding carboxylic acids is 2. The summed E-state index contributed by atoms with van der Waals surface area (Å²) < 4.78 is 0. The molecule has 0 atom stereocenters. The van der Waals surface area contributed by atoms with Crippen LogP contribution in [-0.2, 0) is 0 Å². The molecule has 28 heavy (non-hydrogen) atoms. The van der Waals surface area contributed by atoms with Gasteiger partial charge in [-0.25, -0.2) is 0 Å². The molecule has 0 heterocycles. The van der Waals surface area contributed by atoms with E-state index in [4.69, 9.17) is 11.6 Å². The average Bonchev–Trinajstić information content (AvgIpc) is 2.65. The molecule has 2 rings (SSSR count). The van der Waals surface area contributed by atoms with Gasteiger partial charge in [-0.05, 0) is 24.6 Å². The van der Waals surface area contributed by atoms with E-state index >= 15 is 0 Å². The summed E-state index contributed by atoms with van der Waals surface area (Å²) in [5.74, 6) is -1.16. The topological polar surface area (TPSA) is 144 Å². The minimum atomic E-state index is -0.829. The van der Waals surface area contributed by atoms with Crippen LogP contribution in [0.15, 0.2) is 36.4 Å². The molecule has 2 aromatic carbocycles. The van der Waals surface area contributed by atoms with Gasteiger partial charge < -0.3 is 10.6 Å². The first-order valence-corrected chi connectivity index (χ1v) is 8.43. The first-order valence-electron chi connectivity index (χ1n) is 8.06. The summed E-state index contributed by atoms with van der Waals surface area (Å²) in [4.78, 5) is 44.5. The molecule has 0 spiro atoms. The Labute approximate surface area is 163 Å². The van der Waals surface area contributed by atoms with E-state index in [1.807, 2.05) is 6.92 Å². The summed E-state index contributed by atoms with van der Waals surface area (Å²) in [6.45, 7) is 2.39. The smallest absolute Gasteiger partial charge is 0.277 e. The second kappa shape index (κ2) is 8.91. The maximum absolute atomic E-state index is 12.4. The fourth-order valence-electron chi connectivity index (χ4n) is 2.25. The van der Waals surface area contributed by atoms with Gasteiger partial charge in [0, 0.05) is 24.4 Å². The highest BCUT2D eigenvalue weighted by Crippen LogP contribution is 2.25. The van der Waals surface area contributed by atoms with Crippen LogP contribution in [0.3, 0.4) is 0 Å². The first-order chi connectivity index (χ1) is 13.2. The van der Waals surface area contributed by atoms with Crippen LogP contribution in [0.2, 0.25) is 5.02 Å². The van der Waals surface area contributed by atoms with Crippen LogP contribution in [0.1, 0.15) is 34.1 Å².